The number of carbonyl (C=O) groups excluding carboxylic acids is 9. The number of nitrogens with zero attached hydrogens (tertiary/aromatic N) is 2. The zero-order valence-electron chi connectivity index (χ0n) is 44.5. The molecule has 1 aromatic carbocycles. The summed E-state index contributed by atoms with van der Waals surface area (Å²) in [5.74, 6) is -7.63. The van der Waals surface area contributed by atoms with Crippen molar-refractivity contribution in [1.82, 2.24) is 52.1 Å². The number of ketones is 1. The highest BCUT2D eigenvalue weighted by Crippen LogP contribution is 2.31. The van der Waals surface area contributed by atoms with Gasteiger partial charge in [-0.2, -0.15) is 0 Å². The first kappa shape index (κ1) is 60.2. The number of hydrogen-bond donors (Lipinski definition) is 10. The Balaban J connectivity index is 1.48. The van der Waals surface area contributed by atoms with Crippen LogP contribution in [0.1, 0.15) is 136 Å². The summed E-state index contributed by atoms with van der Waals surface area (Å²) in [5, 5.41) is 40.7. The lowest BCUT2D eigenvalue weighted by molar-refractivity contribution is -0.144. The van der Waals surface area contributed by atoms with Crippen LogP contribution in [0.2, 0.25) is 0 Å². The van der Waals surface area contributed by atoms with Crippen LogP contribution in [-0.4, -0.2) is 134 Å². The Morgan fingerprint density at radius 3 is 2.24 bits per heavy atom. The number of halogens is 1. The van der Waals surface area contributed by atoms with E-state index in [2.05, 4.69) is 63.1 Å². The van der Waals surface area contributed by atoms with Crippen LogP contribution in [0, 0.1) is 17.8 Å². The molecule has 2 bridgehead atoms. The normalized spacial score (nSPS) is 22.5. The second kappa shape index (κ2) is 28.0. The van der Waals surface area contributed by atoms with Gasteiger partial charge in [-0.05, 0) is 108 Å². The molecule has 416 valence electrons. The maximum Gasteiger partial charge on any atom is 0.290 e. The second-order valence-corrected chi connectivity index (χ2v) is 21.0. The Bertz CT molecular complexity index is 2610. The van der Waals surface area contributed by atoms with E-state index in [0.29, 0.717) is 40.3 Å². The van der Waals surface area contributed by atoms with Crippen molar-refractivity contribution in [2.45, 2.75) is 168 Å². The molecular weight excluding hydrogens is 1050 g/mol. The summed E-state index contributed by atoms with van der Waals surface area (Å²) < 4.78 is 6.17. The highest BCUT2D eigenvalue weighted by atomic mass is 79.9. The molecular formula is C53H75BrN10O12. The van der Waals surface area contributed by atoms with Crippen LogP contribution in [0.15, 0.2) is 39.6 Å². The average molecular weight is 1120 g/mol. The third kappa shape index (κ3) is 15.7. The number of hydrogen-bond acceptors (Lipinski definition) is 13. The van der Waals surface area contributed by atoms with Crippen molar-refractivity contribution >= 4 is 85.9 Å². The average Bonchev–Trinajstić information content (AvgIpc) is 4.16. The summed E-state index contributed by atoms with van der Waals surface area (Å²) in [4.78, 5) is 134. The molecule has 76 heavy (non-hydrogen) atoms. The van der Waals surface area contributed by atoms with Crippen LogP contribution in [0.3, 0.4) is 0 Å². The molecule has 10 N–H and O–H groups in total. The molecule has 2 aliphatic rings. The van der Waals surface area contributed by atoms with E-state index >= 15 is 0 Å². The molecule has 2 aliphatic heterocycles. The number of oxazole rings is 1. The standard InChI is InChI=1S/C53H75BrN10O12/c1-9-28(7)42(63-50(73)43(67)29(8)10-2)49(72)59-34(11-3)47(70)61-37-15-13-21-55-46(69)39(25-33-32-24-31(65)18-19-36(32)58-45(33)54)57-41(66)20-17-30-26-76-52(56-30)35(12-4)60-51(74)44(68)38(23-27(5)6)62-48(71)40-16-14-22-64(40)53(37)75/h17-20,24,26-29,34-35,37-40,42-43,58,65,67H,9-16,21-23,25H2,1-8H3,(H,55,69)(H,57,66)(H,59,72)(H,60,74)(H,61,70)(H,62,71)(H,63,73). The molecule has 0 saturated carbocycles. The smallest absolute Gasteiger partial charge is 0.290 e. The lowest BCUT2D eigenvalue weighted by atomic mass is 9.96. The Morgan fingerprint density at radius 1 is 0.842 bits per heavy atom. The zero-order chi connectivity index (χ0) is 56.0. The van der Waals surface area contributed by atoms with Gasteiger partial charge in [-0.25, -0.2) is 4.98 Å². The van der Waals surface area contributed by atoms with E-state index in [0.717, 1.165) is 6.08 Å². The van der Waals surface area contributed by atoms with E-state index in [4.69, 9.17) is 4.42 Å². The molecule has 22 nitrogen and oxygen atoms in total. The summed E-state index contributed by atoms with van der Waals surface area (Å²) >= 11 is 3.51. The summed E-state index contributed by atoms with van der Waals surface area (Å²) in [6.07, 6.45) is 4.27. The number of aromatic amines is 1. The van der Waals surface area contributed by atoms with Crippen LogP contribution >= 0.6 is 15.9 Å². The van der Waals surface area contributed by atoms with Crippen molar-refractivity contribution in [3.05, 3.63) is 52.3 Å². The van der Waals surface area contributed by atoms with Gasteiger partial charge in [0.15, 0.2) is 0 Å². The molecule has 10 atom stereocenters. The second-order valence-electron chi connectivity index (χ2n) is 20.2. The molecule has 23 heteroatoms. The van der Waals surface area contributed by atoms with Crippen molar-refractivity contribution in [3.8, 4) is 5.75 Å². The number of fused-ring (bicyclic) bond motifs is 4. The van der Waals surface area contributed by atoms with Crippen molar-refractivity contribution in [2.75, 3.05) is 13.1 Å². The number of phenolic OH excluding ortho intramolecular Hbond substituents is 1. The molecule has 0 spiro atoms. The molecule has 0 aliphatic carbocycles. The van der Waals surface area contributed by atoms with Crippen LogP contribution in [0.5, 0.6) is 5.75 Å². The fraction of sp³-hybridized carbons (Fsp3) is 0.585. The SMILES string of the molecule is CCC(NC(=O)C(NC(=O)C(O)C(C)CC)C(C)CC)C(=O)NC1CCCNC(=O)C(Cc2c(Br)[nH]c3ccc(O)cc23)NC(=O)C=Cc2coc(n2)C(CC)NC(=O)C(=O)C(CC(C)C)NC(=O)C2CCCN2C1=O. The van der Waals surface area contributed by atoms with Crippen LogP contribution in [-0.2, 0) is 49.6 Å². The zero-order valence-corrected chi connectivity index (χ0v) is 46.1. The predicted octanol–water partition coefficient (Wildman–Crippen LogP) is 3.25. The molecule has 8 amide bonds. The van der Waals surface area contributed by atoms with Gasteiger partial charge >= 0.3 is 0 Å². The minimum absolute atomic E-state index is 0.0223. The first-order valence-corrected chi connectivity index (χ1v) is 27.2. The largest absolute Gasteiger partial charge is 0.508 e. The topological polar surface area (TPSA) is 323 Å². The number of amides is 8. The number of rotatable bonds is 16. The van der Waals surface area contributed by atoms with E-state index in [1.165, 1.54) is 29.4 Å². The molecule has 4 heterocycles. The monoisotopic (exact) mass is 1120 g/mol. The summed E-state index contributed by atoms with van der Waals surface area (Å²) in [6.45, 7) is 14.2. The van der Waals surface area contributed by atoms with Gasteiger partial charge < -0.3 is 61.7 Å². The third-order valence-corrected chi connectivity index (χ3v) is 14.8. The number of phenols is 1. The van der Waals surface area contributed by atoms with Crippen molar-refractivity contribution in [2.24, 2.45) is 17.8 Å². The molecule has 1 fully saturated rings. The van der Waals surface area contributed by atoms with Crippen molar-refractivity contribution < 1.29 is 57.8 Å². The lowest BCUT2D eigenvalue weighted by Gasteiger charge is -2.31. The number of H-pyrrole nitrogens is 1. The minimum Gasteiger partial charge on any atom is -0.508 e. The van der Waals surface area contributed by atoms with Gasteiger partial charge in [0, 0.05) is 36.5 Å². The summed E-state index contributed by atoms with van der Waals surface area (Å²) in [5.41, 5.74) is 1.42. The first-order chi connectivity index (χ1) is 36.1. The third-order valence-electron chi connectivity index (χ3n) is 14.1. The maximum absolute atomic E-state index is 14.8. The Hall–Kier alpha value is -6.62. The number of aromatic nitrogens is 2. The number of aliphatic hydroxyl groups is 1. The van der Waals surface area contributed by atoms with Crippen LogP contribution < -0.4 is 37.2 Å². The summed E-state index contributed by atoms with van der Waals surface area (Å²) in [7, 11) is 0. The van der Waals surface area contributed by atoms with Gasteiger partial charge in [0.2, 0.25) is 53.0 Å². The first-order valence-electron chi connectivity index (χ1n) is 26.4. The highest BCUT2D eigenvalue weighted by Gasteiger charge is 2.41. The van der Waals surface area contributed by atoms with Crippen LogP contribution in [0.25, 0.3) is 17.0 Å². The minimum atomic E-state index is -1.37. The van der Waals surface area contributed by atoms with E-state index in [1.807, 2.05) is 27.7 Å². The molecule has 2 aromatic heterocycles. The quantitative estimate of drug-likeness (QED) is 0.0923. The molecule has 3 aromatic rings. The number of carbonyl (C=O) groups is 9. The van der Waals surface area contributed by atoms with Gasteiger partial charge in [0.1, 0.15) is 60.1 Å². The fourth-order valence-corrected chi connectivity index (χ4v) is 9.73. The van der Waals surface area contributed by atoms with Gasteiger partial charge in [-0.15, -0.1) is 0 Å². The van der Waals surface area contributed by atoms with Crippen LogP contribution in [0.4, 0.5) is 0 Å². The van der Waals surface area contributed by atoms with E-state index < -0.39 is 107 Å². The molecule has 5 rings (SSSR count). The van der Waals surface area contributed by atoms with Crippen molar-refractivity contribution in [3.63, 3.8) is 0 Å². The van der Waals surface area contributed by atoms with E-state index in [9.17, 15) is 53.4 Å². The predicted molar refractivity (Wildman–Crippen MR) is 284 cm³/mol. The van der Waals surface area contributed by atoms with E-state index in [1.54, 1.807) is 33.8 Å². The highest BCUT2D eigenvalue weighted by molar-refractivity contribution is 9.10. The number of nitrogens with one attached hydrogen (secondary N) is 8. The number of Topliss-reactive ketones (excluding diaryl/α,β-unsaturated/α-hetero) is 1. The number of benzene rings is 1. The molecule has 1 saturated heterocycles. The van der Waals surface area contributed by atoms with Gasteiger partial charge in [0.05, 0.1) is 10.6 Å². The van der Waals surface area contributed by atoms with Gasteiger partial charge in [-0.1, -0.05) is 68.2 Å². The summed E-state index contributed by atoms with van der Waals surface area (Å²) in [6, 6.07) is -3.43. The van der Waals surface area contributed by atoms with Crippen molar-refractivity contribution in [1.29, 1.82) is 0 Å². The van der Waals surface area contributed by atoms with Gasteiger partial charge in [0.25, 0.3) is 5.91 Å². The van der Waals surface area contributed by atoms with Gasteiger partial charge in [-0.3, -0.25) is 43.2 Å². The number of aromatic hydroxyl groups is 1. The Labute approximate surface area is 451 Å². The molecule has 10 unspecified atom stereocenters. The van der Waals surface area contributed by atoms with E-state index in [-0.39, 0.29) is 87.2 Å². The fourth-order valence-electron chi connectivity index (χ4n) is 9.14. The lowest BCUT2D eigenvalue weighted by Crippen LogP contribution is -2.60. The Kier molecular flexibility index (Phi) is 22.2. The number of aliphatic hydroxyl groups excluding tert-OH is 1. The Morgan fingerprint density at radius 2 is 1.57 bits per heavy atom. The maximum atomic E-state index is 14.8. The molecule has 0 radical (unpaired) electrons.